The van der Waals surface area contributed by atoms with Gasteiger partial charge in [0.15, 0.2) is 0 Å². The van der Waals surface area contributed by atoms with Crippen LogP contribution in [0.15, 0.2) is 12.1 Å². The molecule has 1 unspecified atom stereocenters. The summed E-state index contributed by atoms with van der Waals surface area (Å²) in [5, 5.41) is 9.89. The lowest BCUT2D eigenvalue weighted by molar-refractivity contribution is -0.112. The topological polar surface area (TPSA) is 37.3 Å². The minimum Gasteiger partial charge on any atom is -0.507 e. The SMILES string of the molecule is CCC(CC(=O)Cl)c1cc(C)c(O)c(C(C)(C)C)c1. The largest absolute Gasteiger partial charge is 0.507 e. The van der Waals surface area contributed by atoms with Gasteiger partial charge in [-0.05, 0) is 53.0 Å². The van der Waals surface area contributed by atoms with Crippen molar-refractivity contribution in [2.24, 2.45) is 0 Å². The number of rotatable bonds is 4. The van der Waals surface area contributed by atoms with E-state index in [0.29, 0.717) is 12.2 Å². The van der Waals surface area contributed by atoms with E-state index in [1.54, 1.807) is 0 Å². The van der Waals surface area contributed by atoms with Crippen LogP contribution in [-0.2, 0) is 10.2 Å². The van der Waals surface area contributed by atoms with Crippen molar-refractivity contribution < 1.29 is 9.90 Å². The van der Waals surface area contributed by atoms with Crippen molar-refractivity contribution in [3.63, 3.8) is 0 Å². The van der Waals surface area contributed by atoms with Gasteiger partial charge in [-0.15, -0.1) is 0 Å². The highest BCUT2D eigenvalue weighted by molar-refractivity contribution is 6.63. The molecule has 1 N–H and O–H groups in total. The molecule has 0 heterocycles. The van der Waals surface area contributed by atoms with Crippen LogP contribution in [0.25, 0.3) is 0 Å². The van der Waals surface area contributed by atoms with Gasteiger partial charge in [0.05, 0.1) is 0 Å². The standard InChI is InChI=1S/C16H23ClO2/c1-6-11(9-14(17)18)12-7-10(2)15(19)13(8-12)16(3,4)5/h7-8,11,19H,6,9H2,1-5H3. The van der Waals surface area contributed by atoms with Crippen LogP contribution in [0.5, 0.6) is 5.75 Å². The Morgan fingerprint density at radius 2 is 1.95 bits per heavy atom. The predicted molar refractivity (Wildman–Crippen MR) is 80.1 cm³/mol. The Labute approximate surface area is 120 Å². The number of carbonyl (C=O) groups is 1. The van der Waals surface area contributed by atoms with Crippen LogP contribution in [0.2, 0.25) is 0 Å². The minimum absolute atomic E-state index is 0.116. The fraction of sp³-hybridized carbons (Fsp3) is 0.562. The highest BCUT2D eigenvalue weighted by atomic mass is 35.5. The maximum absolute atomic E-state index is 11.1. The first-order chi connectivity index (χ1) is 8.66. The van der Waals surface area contributed by atoms with E-state index < -0.39 is 0 Å². The van der Waals surface area contributed by atoms with Gasteiger partial charge in [0.1, 0.15) is 5.75 Å². The van der Waals surface area contributed by atoms with Crippen molar-refractivity contribution in [2.45, 2.75) is 58.8 Å². The monoisotopic (exact) mass is 282 g/mol. The molecule has 0 spiro atoms. The lowest BCUT2D eigenvalue weighted by Gasteiger charge is -2.24. The molecule has 1 aromatic carbocycles. The lowest BCUT2D eigenvalue weighted by Crippen LogP contribution is -2.13. The lowest BCUT2D eigenvalue weighted by atomic mass is 9.81. The summed E-state index contributed by atoms with van der Waals surface area (Å²) in [5.74, 6) is 0.466. The quantitative estimate of drug-likeness (QED) is 0.817. The molecule has 3 heteroatoms. The third kappa shape index (κ3) is 3.97. The molecular formula is C16H23ClO2. The summed E-state index contributed by atoms with van der Waals surface area (Å²) in [6.07, 6.45) is 1.19. The normalized spacial score (nSPS) is 13.4. The van der Waals surface area contributed by atoms with Crippen molar-refractivity contribution >= 4 is 16.8 Å². The summed E-state index contributed by atoms with van der Waals surface area (Å²) in [6, 6.07) is 3.97. The van der Waals surface area contributed by atoms with Gasteiger partial charge in [0, 0.05) is 6.42 Å². The zero-order chi connectivity index (χ0) is 14.8. The number of carbonyl (C=O) groups excluding carboxylic acids is 1. The number of aryl methyl sites for hydroxylation is 1. The van der Waals surface area contributed by atoms with Crippen molar-refractivity contribution in [1.82, 2.24) is 0 Å². The highest BCUT2D eigenvalue weighted by Gasteiger charge is 2.22. The minimum atomic E-state index is -0.310. The van der Waals surface area contributed by atoms with E-state index in [2.05, 4.69) is 20.8 Å². The molecule has 1 rings (SSSR count). The molecule has 0 aromatic heterocycles. The molecule has 0 amide bonds. The molecule has 0 radical (unpaired) electrons. The van der Waals surface area contributed by atoms with Gasteiger partial charge in [-0.1, -0.05) is 39.8 Å². The van der Waals surface area contributed by atoms with Gasteiger partial charge in [0.25, 0.3) is 0 Å². The maximum Gasteiger partial charge on any atom is 0.222 e. The number of phenols is 1. The summed E-state index contributed by atoms with van der Waals surface area (Å²) in [4.78, 5) is 11.1. The van der Waals surface area contributed by atoms with Crippen LogP contribution in [0, 0.1) is 6.92 Å². The second kappa shape index (κ2) is 5.96. The third-order valence-electron chi connectivity index (χ3n) is 3.50. The summed E-state index contributed by atoms with van der Waals surface area (Å²) in [6.45, 7) is 10.1. The summed E-state index contributed by atoms with van der Waals surface area (Å²) >= 11 is 5.51. The average Bonchev–Trinajstić information content (AvgIpc) is 2.27. The van der Waals surface area contributed by atoms with E-state index in [9.17, 15) is 9.90 Å². The van der Waals surface area contributed by atoms with Crippen LogP contribution < -0.4 is 0 Å². The molecule has 0 fully saturated rings. The molecule has 0 aliphatic rings. The number of phenolic OH excluding ortho intramolecular Hbond substituents is 1. The number of halogens is 1. The van der Waals surface area contributed by atoms with Crippen molar-refractivity contribution in [2.75, 3.05) is 0 Å². The number of hydrogen-bond donors (Lipinski definition) is 1. The Morgan fingerprint density at radius 3 is 2.37 bits per heavy atom. The Balaban J connectivity index is 3.30. The zero-order valence-corrected chi connectivity index (χ0v) is 13.1. The van der Waals surface area contributed by atoms with Crippen LogP contribution in [0.3, 0.4) is 0 Å². The first kappa shape index (κ1) is 16.0. The molecule has 1 aromatic rings. The molecule has 0 aliphatic heterocycles. The second-order valence-corrected chi connectivity index (χ2v) is 6.57. The molecule has 0 saturated carbocycles. The van der Waals surface area contributed by atoms with Crippen molar-refractivity contribution in [1.29, 1.82) is 0 Å². The molecule has 1 atom stereocenters. The van der Waals surface area contributed by atoms with Gasteiger partial charge in [-0.3, -0.25) is 4.79 Å². The Bertz CT molecular complexity index is 472. The number of hydrogen-bond acceptors (Lipinski definition) is 2. The second-order valence-electron chi connectivity index (χ2n) is 6.15. The van der Waals surface area contributed by atoms with E-state index >= 15 is 0 Å². The summed E-state index contributed by atoms with van der Waals surface area (Å²) in [5.41, 5.74) is 2.72. The van der Waals surface area contributed by atoms with E-state index in [-0.39, 0.29) is 16.6 Å². The van der Waals surface area contributed by atoms with Gasteiger partial charge < -0.3 is 5.11 Å². The van der Waals surface area contributed by atoms with Crippen LogP contribution in [0.1, 0.15) is 63.1 Å². The maximum atomic E-state index is 11.1. The predicted octanol–water partition coefficient (Wildman–Crippen LogP) is 4.65. The van der Waals surface area contributed by atoms with Crippen molar-refractivity contribution in [3.05, 3.63) is 28.8 Å². The first-order valence-electron chi connectivity index (χ1n) is 6.69. The Hall–Kier alpha value is -1.02. The van der Waals surface area contributed by atoms with Gasteiger partial charge >= 0.3 is 0 Å². The third-order valence-corrected chi connectivity index (χ3v) is 3.66. The summed E-state index contributed by atoms with van der Waals surface area (Å²) < 4.78 is 0. The van der Waals surface area contributed by atoms with Gasteiger partial charge in [-0.2, -0.15) is 0 Å². The average molecular weight is 283 g/mol. The van der Waals surface area contributed by atoms with E-state index in [1.165, 1.54) is 0 Å². The molecular weight excluding hydrogens is 260 g/mol. The number of aromatic hydroxyl groups is 1. The van der Waals surface area contributed by atoms with E-state index in [0.717, 1.165) is 23.1 Å². The Morgan fingerprint density at radius 1 is 1.37 bits per heavy atom. The molecule has 0 bridgehead atoms. The van der Waals surface area contributed by atoms with Crippen LogP contribution in [-0.4, -0.2) is 10.3 Å². The fourth-order valence-corrected chi connectivity index (χ4v) is 2.49. The smallest absolute Gasteiger partial charge is 0.222 e. The first-order valence-corrected chi connectivity index (χ1v) is 7.07. The van der Waals surface area contributed by atoms with Gasteiger partial charge in [-0.25, -0.2) is 0 Å². The summed E-state index contributed by atoms with van der Waals surface area (Å²) in [7, 11) is 0. The zero-order valence-electron chi connectivity index (χ0n) is 12.4. The highest BCUT2D eigenvalue weighted by Crippen LogP contribution is 2.37. The molecule has 19 heavy (non-hydrogen) atoms. The molecule has 106 valence electrons. The van der Waals surface area contributed by atoms with E-state index in [4.69, 9.17) is 11.6 Å². The van der Waals surface area contributed by atoms with Gasteiger partial charge in [0.2, 0.25) is 5.24 Å². The van der Waals surface area contributed by atoms with Crippen molar-refractivity contribution in [3.8, 4) is 5.75 Å². The number of benzene rings is 1. The van der Waals surface area contributed by atoms with Crippen LogP contribution >= 0.6 is 11.6 Å². The molecule has 2 nitrogen and oxygen atoms in total. The molecule has 0 saturated heterocycles. The molecule has 0 aliphatic carbocycles. The van der Waals surface area contributed by atoms with Crippen LogP contribution in [0.4, 0.5) is 0 Å². The fourth-order valence-electron chi connectivity index (χ4n) is 2.31. The Kier molecular flexibility index (Phi) is 5.03. The van der Waals surface area contributed by atoms with E-state index in [1.807, 2.05) is 26.0 Å².